The third kappa shape index (κ3) is 4.81. The highest BCUT2D eigenvalue weighted by Crippen LogP contribution is 2.32. The number of para-hydroxylation sites is 1. The van der Waals surface area contributed by atoms with Crippen LogP contribution in [0.3, 0.4) is 0 Å². The van der Waals surface area contributed by atoms with Crippen LogP contribution < -0.4 is 4.90 Å². The summed E-state index contributed by atoms with van der Waals surface area (Å²) in [5.41, 5.74) is -2.29. The SMILES string of the molecule is O=C(c1cc(C(F)(F)F)nn1-c1ccccc1Cl)N1CCN(c2ccc(C(F)(F)F)cn2)CC1. The summed E-state index contributed by atoms with van der Waals surface area (Å²) in [4.78, 5) is 20.0. The van der Waals surface area contributed by atoms with Crippen LogP contribution in [0.5, 0.6) is 0 Å². The van der Waals surface area contributed by atoms with Crippen molar-refractivity contribution >= 4 is 23.3 Å². The molecule has 1 aliphatic heterocycles. The topological polar surface area (TPSA) is 54.3 Å². The van der Waals surface area contributed by atoms with E-state index in [4.69, 9.17) is 11.6 Å². The number of hydrogen-bond donors (Lipinski definition) is 0. The van der Waals surface area contributed by atoms with Crippen molar-refractivity contribution in [2.75, 3.05) is 31.1 Å². The Kier molecular flexibility index (Phi) is 6.19. The standard InChI is InChI=1S/C21H16ClF6N5O/c22-14-3-1-2-4-15(14)33-16(11-17(30-33)21(26,27)28)19(34)32-9-7-31(8-10-32)18-6-5-13(12-29-18)20(23,24)25/h1-6,11-12H,7-10H2. The van der Waals surface area contributed by atoms with Gasteiger partial charge in [-0.2, -0.15) is 31.4 Å². The van der Waals surface area contributed by atoms with Crippen LogP contribution in [0.25, 0.3) is 5.69 Å². The number of carbonyl (C=O) groups excluding carboxylic acids is 1. The average molecular weight is 504 g/mol. The lowest BCUT2D eigenvalue weighted by Crippen LogP contribution is -2.49. The molecule has 4 rings (SSSR count). The van der Waals surface area contributed by atoms with E-state index in [9.17, 15) is 31.1 Å². The van der Waals surface area contributed by atoms with E-state index >= 15 is 0 Å². The Morgan fingerprint density at radius 2 is 1.59 bits per heavy atom. The monoisotopic (exact) mass is 503 g/mol. The summed E-state index contributed by atoms with van der Waals surface area (Å²) in [5, 5.41) is 3.68. The lowest BCUT2D eigenvalue weighted by atomic mass is 10.2. The normalized spacial score (nSPS) is 15.0. The van der Waals surface area contributed by atoms with Crippen molar-refractivity contribution in [1.82, 2.24) is 19.7 Å². The van der Waals surface area contributed by atoms with Crippen molar-refractivity contribution in [2.24, 2.45) is 0 Å². The van der Waals surface area contributed by atoms with Crippen LogP contribution in [0.15, 0.2) is 48.7 Å². The molecule has 0 aliphatic carbocycles. The minimum atomic E-state index is -4.77. The maximum atomic E-state index is 13.3. The number of halogens is 7. The van der Waals surface area contributed by atoms with Gasteiger partial charge in [-0.3, -0.25) is 4.79 Å². The molecule has 1 aliphatic rings. The quantitative estimate of drug-likeness (QED) is 0.476. The molecule has 0 spiro atoms. The Labute approximate surface area is 194 Å². The van der Waals surface area contributed by atoms with Gasteiger partial charge in [-0.1, -0.05) is 23.7 Å². The number of benzene rings is 1. The summed E-state index contributed by atoms with van der Waals surface area (Å²) in [6.45, 7) is 0.708. The van der Waals surface area contributed by atoms with Gasteiger partial charge in [0.25, 0.3) is 5.91 Å². The van der Waals surface area contributed by atoms with Gasteiger partial charge < -0.3 is 9.80 Å². The van der Waals surface area contributed by atoms with Crippen molar-refractivity contribution < 1.29 is 31.1 Å². The number of rotatable bonds is 3. The Morgan fingerprint density at radius 3 is 2.15 bits per heavy atom. The first-order valence-corrected chi connectivity index (χ1v) is 10.3. The van der Waals surface area contributed by atoms with Crippen molar-refractivity contribution in [1.29, 1.82) is 0 Å². The van der Waals surface area contributed by atoms with E-state index in [1.165, 1.54) is 23.1 Å². The summed E-state index contributed by atoms with van der Waals surface area (Å²) < 4.78 is 79.1. The zero-order chi connectivity index (χ0) is 24.7. The molecule has 6 nitrogen and oxygen atoms in total. The fourth-order valence-electron chi connectivity index (χ4n) is 3.52. The van der Waals surface area contributed by atoms with E-state index in [2.05, 4.69) is 10.1 Å². The fraction of sp³-hybridized carbons (Fsp3) is 0.286. The van der Waals surface area contributed by atoms with E-state index in [-0.39, 0.29) is 42.6 Å². The van der Waals surface area contributed by atoms with Crippen molar-refractivity contribution in [3.05, 3.63) is 70.6 Å². The summed E-state index contributed by atoms with van der Waals surface area (Å²) in [5.74, 6) is -0.372. The third-order valence-electron chi connectivity index (χ3n) is 5.27. The van der Waals surface area contributed by atoms with Gasteiger partial charge >= 0.3 is 12.4 Å². The van der Waals surface area contributed by atoms with Crippen LogP contribution in [0.1, 0.15) is 21.7 Å². The van der Waals surface area contributed by atoms with Gasteiger partial charge in [0.2, 0.25) is 0 Å². The number of carbonyl (C=O) groups is 1. The Morgan fingerprint density at radius 1 is 0.912 bits per heavy atom. The first kappa shape index (κ1) is 23.9. The maximum absolute atomic E-state index is 13.3. The number of amides is 1. The zero-order valence-corrected chi connectivity index (χ0v) is 18.0. The Bertz CT molecular complexity index is 1180. The highest BCUT2D eigenvalue weighted by atomic mass is 35.5. The first-order chi connectivity index (χ1) is 15.9. The number of pyridine rings is 1. The predicted molar refractivity (Wildman–Crippen MR) is 111 cm³/mol. The molecule has 0 bridgehead atoms. The van der Waals surface area contributed by atoms with Crippen molar-refractivity contribution in [3.63, 3.8) is 0 Å². The minimum Gasteiger partial charge on any atom is -0.353 e. The van der Waals surface area contributed by atoms with Crippen LogP contribution >= 0.6 is 11.6 Å². The molecule has 1 saturated heterocycles. The second kappa shape index (κ2) is 8.82. The largest absolute Gasteiger partial charge is 0.435 e. The molecule has 0 N–H and O–H groups in total. The van der Waals surface area contributed by atoms with E-state index < -0.39 is 29.5 Å². The molecule has 1 amide bonds. The van der Waals surface area contributed by atoms with Crippen molar-refractivity contribution in [3.8, 4) is 5.69 Å². The molecule has 3 heterocycles. The van der Waals surface area contributed by atoms with Crippen LogP contribution in [0.2, 0.25) is 5.02 Å². The molecule has 1 fully saturated rings. The first-order valence-electron chi connectivity index (χ1n) is 9.95. The number of aromatic nitrogens is 3. The number of hydrogen-bond acceptors (Lipinski definition) is 4. The van der Waals surface area contributed by atoms with Crippen molar-refractivity contribution in [2.45, 2.75) is 12.4 Å². The minimum absolute atomic E-state index is 0.117. The van der Waals surface area contributed by atoms with E-state index in [1.54, 1.807) is 17.0 Å². The maximum Gasteiger partial charge on any atom is 0.435 e. The lowest BCUT2D eigenvalue weighted by Gasteiger charge is -2.35. The molecule has 3 aromatic rings. The van der Waals surface area contributed by atoms with Gasteiger partial charge in [0.15, 0.2) is 5.69 Å². The summed E-state index contributed by atoms with van der Waals surface area (Å²) in [6.07, 6.45) is -8.54. The molecule has 13 heteroatoms. The van der Waals surface area contributed by atoms with Gasteiger partial charge in [0.05, 0.1) is 16.3 Å². The summed E-state index contributed by atoms with van der Waals surface area (Å²) in [6, 6.07) is 8.89. The molecule has 0 atom stereocenters. The van der Waals surface area contributed by atoms with Gasteiger partial charge in [-0.05, 0) is 24.3 Å². The fourth-order valence-corrected chi connectivity index (χ4v) is 3.74. The Hall–Kier alpha value is -3.28. The molecule has 0 unspecified atom stereocenters. The van der Waals surface area contributed by atoms with Crippen LogP contribution in [0, 0.1) is 0 Å². The number of anilines is 1. The second-order valence-electron chi connectivity index (χ2n) is 7.46. The van der Waals surface area contributed by atoms with E-state index in [0.29, 0.717) is 11.9 Å². The van der Waals surface area contributed by atoms with E-state index in [1.807, 2.05) is 0 Å². The molecular weight excluding hydrogens is 488 g/mol. The molecule has 180 valence electrons. The molecule has 0 radical (unpaired) electrons. The van der Waals surface area contributed by atoms with Gasteiger partial charge in [-0.15, -0.1) is 0 Å². The number of alkyl halides is 6. The molecule has 0 saturated carbocycles. The Balaban J connectivity index is 1.54. The van der Waals surface area contributed by atoms with Gasteiger partial charge in [0.1, 0.15) is 11.5 Å². The lowest BCUT2D eigenvalue weighted by molar-refractivity contribution is -0.141. The molecule has 34 heavy (non-hydrogen) atoms. The van der Waals surface area contributed by atoms with Crippen LogP contribution in [-0.2, 0) is 12.4 Å². The smallest absolute Gasteiger partial charge is 0.353 e. The van der Waals surface area contributed by atoms with Crippen LogP contribution in [-0.4, -0.2) is 51.8 Å². The highest BCUT2D eigenvalue weighted by molar-refractivity contribution is 6.32. The predicted octanol–water partition coefficient (Wildman–Crippen LogP) is 4.92. The third-order valence-corrected chi connectivity index (χ3v) is 5.59. The summed E-state index contributed by atoms with van der Waals surface area (Å²) >= 11 is 6.12. The molecule has 2 aromatic heterocycles. The second-order valence-corrected chi connectivity index (χ2v) is 7.87. The summed E-state index contributed by atoms with van der Waals surface area (Å²) in [7, 11) is 0. The highest BCUT2D eigenvalue weighted by Gasteiger charge is 2.37. The number of piperazine rings is 1. The van der Waals surface area contributed by atoms with Gasteiger partial charge in [-0.25, -0.2) is 9.67 Å². The molecular formula is C21H16ClF6N5O. The van der Waals surface area contributed by atoms with Gasteiger partial charge in [0, 0.05) is 38.4 Å². The molecule has 1 aromatic carbocycles. The average Bonchev–Trinajstić information content (AvgIpc) is 3.24. The number of nitrogens with zero attached hydrogens (tertiary/aromatic N) is 5. The zero-order valence-electron chi connectivity index (χ0n) is 17.2. The van der Waals surface area contributed by atoms with E-state index in [0.717, 1.165) is 16.9 Å². The van der Waals surface area contributed by atoms with Crippen LogP contribution in [0.4, 0.5) is 32.2 Å².